The van der Waals surface area contributed by atoms with Crippen molar-refractivity contribution < 1.29 is 23.1 Å². The molecule has 1 aromatic carbocycles. The third-order valence-electron chi connectivity index (χ3n) is 3.88. The molecule has 130 valence electrons. The van der Waals surface area contributed by atoms with E-state index in [9.17, 15) is 23.1 Å². The van der Waals surface area contributed by atoms with Gasteiger partial charge in [-0.3, -0.25) is 4.79 Å². The van der Waals surface area contributed by atoms with Gasteiger partial charge in [-0.05, 0) is 19.1 Å². The minimum absolute atomic E-state index is 0.0254. The molecule has 1 atom stereocenters. The number of para-hydroxylation sites is 1. The number of amides is 1. The molecular formula is C16H18F3N3O2. The van der Waals surface area contributed by atoms with Crippen LogP contribution in [0.15, 0.2) is 41.6 Å². The van der Waals surface area contributed by atoms with Crippen LogP contribution in [0.1, 0.15) is 13.3 Å². The number of rotatable bonds is 4. The molecule has 0 bridgehead atoms. The van der Waals surface area contributed by atoms with Crippen LogP contribution in [-0.2, 0) is 4.79 Å². The van der Waals surface area contributed by atoms with Crippen LogP contribution in [0, 0.1) is 5.41 Å². The Labute approximate surface area is 137 Å². The second-order valence-corrected chi connectivity index (χ2v) is 5.69. The molecule has 1 heterocycles. The number of anilines is 1. The highest BCUT2D eigenvalue weighted by Gasteiger charge is 2.57. The van der Waals surface area contributed by atoms with Crippen LogP contribution < -0.4 is 5.32 Å². The summed E-state index contributed by atoms with van der Waals surface area (Å²) in [7, 11) is 0. The summed E-state index contributed by atoms with van der Waals surface area (Å²) >= 11 is 0. The van der Waals surface area contributed by atoms with Gasteiger partial charge in [0.25, 0.3) is 5.91 Å². The first kappa shape index (κ1) is 18.0. The molecule has 24 heavy (non-hydrogen) atoms. The Morgan fingerprint density at radius 3 is 2.50 bits per heavy atom. The number of carbonyl (C=O) groups excluding carboxylic acids is 1. The average molecular weight is 341 g/mol. The van der Waals surface area contributed by atoms with Gasteiger partial charge in [-0.2, -0.15) is 13.2 Å². The zero-order valence-corrected chi connectivity index (χ0v) is 13.0. The number of nitrogens with one attached hydrogen (secondary N) is 2. The van der Waals surface area contributed by atoms with Gasteiger partial charge in [0.1, 0.15) is 0 Å². The molecule has 1 aromatic rings. The summed E-state index contributed by atoms with van der Waals surface area (Å²) in [6, 6.07) is 9.14. The van der Waals surface area contributed by atoms with E-state index < -0.39 is 17.7 Å². The quantitative estimate of drug-likeness (QED) is 0.737. The molecule has 2 rings (SSSR count). The van der Waals surface area contributed by atoms with Crippen LogP contribution in [0.25, 0.3) is 0 Å². The molecule has 1 aliphatic rings. The summed E-state index contributed by atoms with van der Waals surface area (Å²) < 4.78 is 38.4. The summed E-state index contributed by atoms with van der Waals surface area (Å²) in [4.78, 5) is 13.0. The van der Waals surface area contributed by atoms with Gasteiger partial charge in [0.2, 0.25) is 5.60 Å². The Hall–Kier alpha value is -2.35. The molecule has 1 amide bonds. The lowest BCUT2D eigenvalue weighted by atomic mass is 10.0. The zero-order chi connectivity index (χ0) is 18.0. The first-order valence-corrected chi connectivity index (χ1v) is 7.30. The zero-order valence-electron chi connectivity index (χ0n) is 13.0. The topological polar surface area (TPSA) is 76.4 Å². The van der Waals surface area contributed by atoms with Crippen LogP contribution in [0.4, 0.5) is 18.9 Å². The smallest absolute Gasteiger partial charge is 0.373 e. The van der Waals surface area contributed by atoms with E-state index in [0.717, 1.165) is 16.8 Å². The number of benzene rings is 1. The second-order valence-electron chi connectivity index (χ2n) is 5.69. The SMILES string of the molecule is C[C@@](O)(C(=O)N1CCC(Nc2ccccc2)=C(C=N)C1)C(F)(F)F. The molecule has 3 N–H and O–H groups in total. The maximum atomic E-state index is 12.8. The summed E-state index contributed by atoms with van der Waals surface area (Å²) in [6.45, 7) is 0.308. The van der Waals surface area contributed by atoms with Gasteiger partial charge in [-0.15, -0.1) is 0 Å². The normalized spacial score (nSPS) is 18.1. The number of hydrogen-bond donors (Lipinski definition) is 3. The molecule has 0 saturated heterocycles. The third-order valence-corrected chi connectivity index (χ3v) is 3.88. The fourth-order valence-corrected chi connectivity index (χ4v) is 2.36. The average Bonchev–Trinajstić information content (AvgIpc) is 2.54. The van der Waals surface area contributed by atoms with Crippen molar-refractivity contribution >= 4 is 17.8 Å². The lowest BCUT2D eigenvalue weighted by Crippen LogP contribution is -2.57. The lowest BCUT2D eigenvalue weighted by Gasteiger charge is -2.35. The Balaban J connectivity index is 2.18. The Morgan fingerprint density at radius 1 is 1.33 bits per heavy atom. The molecule has 8 heteroatoms. The van der Waals surface area contributed by atoms with E-state index >= 15 is 0 Å². The van der Waals surface area contributed by atoms with E-state index in [0.29, 0.717) is 18.2 Å². The largest absolute Gasteiger partial charge is 0.426 e. The summed E-state index contributed by atoms with van der Waals surface area (Å²) in [6.07, 6.45) is -3.78. The number of carbonyl (C=O) groups is 1. The maximum absolute atomic E-state index is 12.8. The van der Waals surface area contributed by atoms with Gasteiger partial charge in [0.15, 0.2) is 0 Å². The van der Waals surface area contributed by atoms with Gasteiger partial charge in [-0.1, -0.05) is 18.2 Å². The molecular weight excluding hydrogens is 323 g/mol. The van der Waals surface area contributed by atoms with E-state index in [1.807, 2.05) is 30.3 Å². The van der Waals surface area contributed by atoms with Crippen molar-refractivity contribution in [3.8, 4) is 0 Å². The minimum Gasteiger partial charge on any atom is -0.373 e. The molecule has 0 saturated carbocycles. The van der Waals surface area contributed by atoms with Crippen molar-refractivity contribution in [1.29, 1.82) is 5.41 Å². The predicted molar refractivity (Wildman–Crippen MR) is 83.8 cm³/mol. The molecule has 1 aliphatic heterocycles. The molecule has 0 fully saturated rings. The Morgan fingerprint density at radius 2 is 1.96 bits per heavy atom. The predicted octanol–water partition coefficient (Wildman–Crippen LogP) is 2.55. The van der Waals surface area contributed by atoms with Gasteiger partial charge >= 0.3 is 6.18 Å². The van der Waals surface area contributed by atoms with Gasteiger partial charge < -0.3 is 20.7 Å². The van der Waals surface area contributed by atoms with E-state index in [4.69, 9.17) is 5.41 Å². The first-order chi connectivity index (χ1) is 11.2. The Kier molecular flexibility index (Phi) is 4.98. The van der Waals surface area contributed by atoms with E-state index in [2.05, 4.69) is 5.32 Å². The molecule has 0 radical (unpaired) electrons. The summed E-state index contributed by atoms with van der Waals surface area (Å²) in [5, 5.41) is 20.1. The van der Waals surface area contributed by atoms with Gasteiger partial charge in [-0.25, -0.2) is 0 Å². The van der Waals surface area contributed by atoms with Gasteiger partial charge in [0.05, 0.1) is 0 Å². The van der Waals surface area contributed by atoms with Gasteiger partial charge in [0, 0.05) is 42.7 Å². The number of nitrogens with zero attached hydrogens (tertiary/aromatic N) is 1. The van der Waals surface area contributed by atoms with E-state index in [1.165, 1.54) is 0 Å². The maximum Gasteiger partial charge on any atom is 0.426 e. The van der Waals surface area contributed by atoms with E-state index in [-0.39, 0.29) is 19.5 Å². The number of alkyl halides is 3. The standard InChI is InChI=1S/C16H18F3N3O2/c1-15(24,16(17,18)19)14(23)22-8-7-13(11(9-20)10-22)21-12-5-3-2-4-6-12/h2-6,9,20-21,24H,7-8,10H2,1H3/t15-/m1/s1. The summed E-state index contributed by atoms with van der Waals surface area (Å²) in [5.41, 5.74) is -1.58. The molecule has 0 spiro atoms. The van der Waals surface area contributed by atoms with E-state index in [1.54, 1.807) is 0 Å². The third kappa shape index (κ3) is 3.59. The van der Waals surface area contributed by atoms with Crippen molar-refractivity contribution in [3.63, 3.8) is 0 Å². The van der Waals surface area contributed by atoms with Crippen molar-refractivity contribution in [2.24, 2.45) is 0 Å². The fraction of sp³-hybridized carbons (Fsp3) is 0.375. The van der Waals surface area contributed by atoms with Crippen molar-refractivity contribution in [1.82, 2.24) is 4.90 Å². The molecule has 5 nitrogen and oxygen atoms in total. The minimum atomic E-state index is -5.05. The lowest BCUT2D eigenvalue weighted by molar-refractivity contribution is -0.250. The van der Waals surface area contributed by atoms with Crippen LogP contribution in [0.3, 0.4) is 0 Å². The molecule has 0 aromatic heterocycles. The number of hydrogen-bond acceptors (Lipinski definition) is 4. The van der Waals surface area contributed by atoms with Crippen molar-refractivity contribution in [2.45, 2.75) is 25.1 Å². The fourth-order valence-electron chi connectivity index (χ4n) is 2.36. The second kappa shape index (κ2) is 6.64. The highest BCUT2D eigenvalue weighted by atomic mass is 19.4. The Bertz CT molecular complexity index is 654. The number of aliphatic hydroxyl groups is 1. The summed E-state index contributed by atoms with van der Waals surface area (Å²) in [5.74, 6) is -1.41. The van der Waals surface area contributed by atoms with Crippen LogP contribution in [-0.4, -0.2) is 47.0 Å². The first-order valence-electron chi connectivity index (χ1n) is 7.30. The van der Waals surface area contributed by atoms with Crippen LogP contribution in [0.2, 0.25) is 0 Å². The molecule has 0 unspecified atom stereocenters. The monoisotopic (exact) mass is 341 g/mol. The van der Waals surface area contributed by atoms with Crippen LogP contribution >= 0.6 is 0 Å². The molecule has 0 aliphatic carbocycles. The number of halogens is 3. The van der Waals surface area contributed by atoms with Crippen LogP contribution in [0.5, 0.6) is 0 Å². The highest BCUT2D eigenvalue weighted by molar-refractivity contribution is 5.88. The van der Waals surface area contributed by atoms with Crippen molar-refractivity contribution in [2.75, 3.05) is 18.4 Å². The highest BCUT2D eigenvalue weighted by Crippen LogP contribution is 2.32. The van der Waals surface area contributed by atoms with Crippen molar-refractivity contribution in [3.05, 3.63) is 41.6 Å².